The molecule has 19 heavy (non-hydrogen) atoms. The van der Waals surface area contributed by atoms with Crippen LogP contribution in [-0.2, 0) is 11.2 Å². The molecule has 0 atom stereocenters. The summed E-state index contributed by atoms with van der Waals surface area (Å²) < 4.78 is 0. The zero-order valence-electron chi connectivity index (χ0n) is 10.1. The Morgan fingerprint density at radius 1 is 1.21 bits per heavy atom. The summed E-state index contributed by atoms with van der Waals surface area (Å²) in [5.41, 5.74) is 1.91. The van der Waals surface area contributed by atoms with Gasteiger partial charge in [-0.3, -0.25) is 4.79 Å². The highest BCUT2D eigenvalue weighted by Gasteiger charge is 2.07. The summed E-state index contributed by atoms with van der Waals surface area (Å²) in [6.07, 6.45) is 0.289. The molecular weight excluding hydrogens is 260 g/mol. The number of hydrogen-bond donors (Lipinski definition) is 1. The van der Waals surface area contributed by atoms with E-state index in [0.29, 0.717) is 16.3 Å². The lowest BCUT2D eigenvalue weighted by Crippen LogP contribution is -2.14. The van der Waals surface area contributed by atoms with Gasteiger partial charge in [-0.2, -0.15) is 5.26 Å². The van der Waals surface area contributed by atoms with Gasteiger partial charge in [-0.05, 0) is 23.8 Å². The molecule has 2 aromatic rings. The normalized spacial score (nSPS) is 9.68. The van der Waals surface area contributed by atoms with Crippen LogP contribution in [0.3, 0.4) is 0 Å². The van der Waals surface area contributed by atoms with E-state index in [9.17, 15) is 4.79 Å². The highest BCUT2D eigenvalue weighted by molar-refractivity contribution is 6.33. The second-order valence-corrected chi connectivity index (χ2v) is 4.42. The first-order valence-electron chi connectivity index (χ1n) is 5.72. The third kappa shape index (κ3) is 3.57. The number of nitrogens with zero attached hydrogens (tertiary/aromatic N) is 1. The van der Waals surface area contributed by atoms with E-state index in [1.165, 1.54) is 6.07 Å². The first kappa shape index (κ1) is 13.1. The van der Waals surface area contributed by atoms with Crippen molar-refractivity contribution in [2.24, 2.45) is 0 Å². The van der Waals surface area contributed by atoms with Crippen molar-refractivity contribution in [3.05, 3.63) is 64.7 Å². The number of carbonyl (C=O) groups is 1. The summed E-state index contributed by atoms with van der Waals surface area (Å²) in [7, 11) is 0. The number of nitriles is 1. The van der Waals surface area contributed by atoms with E-state index in [1.54, 1.807) is 12.1 Å². The van der Waals surface area contributed by atoms with Gasteiger partial charge in [-0.15, -0.1) is 0 Å². The quantitative estimate of drug-likeness (QED) is 0.929. The molecule has 0 spiro atoms. The van der Waals surface area contributed by atoms with Crippen molar-refractivity contribution < 1.29 is 4.79 Å². The molecule has 0 aliphatic heterocycles. The summed E-state index contributed by atoms with van der Waals surface area (Å²) in [5.74, 6) is -0.141. The van der Waals surface area contributed by atoms with Gasteiger partial charge in [0.25, 0.3) is 0 Å². The minimum Gasteiger partial charge on any atom is -0.324 e. The minimum atomic E-state index is -0.141. The lowest BCUT2D eigenvalue weighted by molar-refractivity contribution is -0.115. The van der Waals surface area contributed by atoms with Crippen LogP contribution in [0.1, 0.15) is 11.1 Å². The molecule has 0 saturated carbocycles. The summed E-state index contributed by atoms with van der Waals surface area (Å²) in [5, 5.41) is 11.8. The second kappa shape index (κ2) is 6.03. The number of nitrogens with one attached hydrogen (secondary N) is 1. The standard InChI is InChI=1S/C15H11ClN2O/c16-13-8-12(10-17)6-7-14(13)18-15(19)9-11-4-2-1-3-5-11/h1-8H,9H2,(H,18,19). The van der Waals surface area contributed by atoms with Gasteiger partial charge < -0.3 is 5.32 Å². The van der Waals surface area contributed by atoms with Crippen molar-refractivity contribution >= 4 is 23.2 Å². The van der Waals surface area contributed by atoms with Crippen molar-refractivity contribution in [3.8, 4) is 6.07 Å². The van der Waals surface area contributed by atoms with Crippen LogP contribution in [0.15, 0.2) is 48.5 Å². The zero-order chi connectivity index (χ0) is 13.7. The van der Waals surface area contributed by atoms with Crippen LogP contribution >= 0.6 is 11.6 Å². The van der Waals surface area contributed by atoms with E-state index in [2.05, 4.69) is 5.32 Å². The number of halogens is 1. The lowest BCUT2D eigenvalue weighted by Gasteiger charge is -2.07. The van der Waals surface area contributed by atoms with E-state index in [0.717, 1.165) is 5.56 Å². The van der Waals surface area contributed by atoms with Crippen LogP contribution < -0.4 is 5.32 Å². The number of anilines is 1. The molecule has 0 aliphatic rings. The SMILES string of the molecule is N#Cc1ccc(NC(=O)Cc2ccccc2)c(Cl)c1. The van der Waals surface area contributed by atoms with Crippen molar-refractivity contribution in [3.63, 3.8) is 0 Å². The largest absolute Gasteiger partial charge is 0.324 e. The molecular formula is C15H11ClN2O. The highest BCUT2D eigenvalue weighted by Crippen LogP contribution is 2.22. The topological polar surface area (TPSA) is 52.9 Å². The van der Waals surface area contributed by atoms with Gasteiger partial charge in [0.1, 0.15) is 0 Å². The smallest absolute Gasteiger partial charge is 0.228 e. The molecule has 0 radical (unpaired) electrons. The maximum Gasteiger partial charge on any atom is 0.228 e. The van der Waals surface area contributed by atoms with Crippen LogP contribution in [-0.4, -0.2) is 5.91 Å². The minimum absolute atomic E-state index is 0.141. The first-order valence-corrected chi connectivity index (χ1v) is 6.10. The van der Waals surface area contributed by atoms with Crippen LogP contribution in [0.25, 0.3) is 0 Å². The summed E-state index contributed by atoms with van der Waals surface area (Å²) >= 11 is 5.99. The molecule has 2 aromatic carbocycles. The van der Waals surface area contributed by atoms with Crippen LogP contribution in [0, 0.1) is 11.3 Å². The fourth-order valence-corrected chi connectivity index (χ4v) is 1.89. The average Bonchev–Trinajstić information content (AvgIpc) is 2.42. The Balaban J connectivity index is 2.05. The predicted molar refractivity (Wildman–Crippen MR) is 74.9 cm³/mol. The van der Waals surface area contributed by atoms with Crippen molar-refractivity contribution in [1.82, 2.24) is 0 Å². The first-order chi connectivity index (χ1) is 9.19. The Kier molecular flexibility index (Phi) is 4.17. The molecule has 0 aromatic heterocycles. The molecule has 0 aliphatic carbocycles. The Morgan fingerprint density at radius 3 is 2.58 bits per heavy atom. The number of rotatable bonds is 3. The van der Waals surface area contributed by atoms with Gasteiger partial charge in [0, 0.05) is 0 Å². The van der Waals surface area contributed by atoms with Gasteiger partial charge in [0.2, 0.25) is 5.91 Å². The van der Waals surface area contributed by atoms with Crippen LogP contribution in [0.2, 0.25) is 5.02 Å². The van der Waals surface area contributed by atoms with Gasteiger partial charge in [-0.25, -0.2) is 0 Å². The van der Waals surface area contributed by atoms with E-state index in [4.69, 9.17) is 16.9 Å². The number of carbonyl (C=O) groups excluding carboxylic acids is 1. The highest BCUT2D eigenvalue weighted by atomic mass is 35.5. The van der Waals surface area contributed by atoms with E-state index < -0.39 is 0 Å². The van der Waals surface area contributed by atoms with Gasteiger partial charge in [-0.1, -0.05) is 41.9 Å². The summed E-state index contributed by atoms with van der Waals surface area (Å²) in [6.45, 7) is 0. The molecule has 1 amide bonds. The third-order valence-electron chi connectivity index (χ3n) is 2.58. The summed E-state index contributed by atoms with van der Waals surface area (Å²) in [4.78, 5) is 11.9. The fourth-order valence-electron chi connectivity index (χ4n) is 1.66. The van der Waals surface area contributed by atoms with E-state index in [1.807, 2.05) is 36.4 Å². The molecule has 1 N–H and O–H groups in total. The Hall–Kier alpha value is -2.31. The predicted octanol–water partition coefficient (Wildman–Crippen LogP) is 3.39. The molecule has 0 fully saturated rings. The average molecular weight is 271 g/mol. The van der Waals surface area contributed by atoms with E-state index >= 15 is 0 Å². The molecule has 94 valence electrons. The van der Waals surface area contributed by atoms with Crippen molar-refractivity contribution in [1.29, 1.82) is 5.26 Å². The fraction of sp³-hybridized carbons (Fsp3) is 0.0667. The Labute approximate surface area is 116 Å². The Bertz CT molecular complexity index is 632. The van der Waals surface area contributed by atoms with Crippen LogP contribution in [0.5, 0.6) is 0 Å². The van der Waals surface area contributed by atoms with Crippen LogP contribution in [0.4, 0.5) is 5.69 Å². The van der Waals surface area contributed by atoms with Gasteiger partial charge >= 0.3 is 0 Å². The number of benzene rings is 2. The Morgan fingerprint density at radius 2 is 1.95 bits per heavy atom. The zero-order valence-corrected chi connectivity index (χ0v) is 10.8. The molecule has 0 bridgehead atoms. The molecule has 0 unspecified atom stereocenters. The molecule has 3 nitrogen and oxygen atoms in total. The lowest BCUT2D eigenvalue weighted by atomic mass is 10.1. The third-order valence-corrected chi connectivity index (χ3v) is 2.89. The second-order valence-electron chi connectivity index (χ2n) is 4.02. The molecule has 0 heterocycles. The summed E-state index contributed by atoms with van der Waals surface area (Å²) in [6, 6.07) is 16.2. The van der Waals surface area contributed by atoms with Crippen molar-refractivity contribution in [2.75, 3.05) is 5.32 Å². The van der Waals surface area contributed by atoms with Gasteiger partial charge in [0.05, 0.1) is 28.8 Å². The molecule has 4 heteroatoms. The maximum atomic E-state index is 11.9. The number of amides is 1. The van der Waals surface area contributed by atoms with E-state index in [-0.39, 0.29) is 12.3 Å². The number of hydrogen-bond acceptors (Lipinski definition) is 2. The molecule has 2 rings (SSSR count). The maximum absolute atomic E-state index is 11.9. The van der Waals surface area contributed by atoms with Gasteiger partial charge in [0.15, 0.2) is 0 Å². The monoisotopic (exact) mass is 270 g/mol. The molecule has 0 saturated heterocycles. The van der Waals surface area contributed by atoms with Crippen molar-refractivity contribution in [2.45, 2.75) is 6.42 Å².